The van der Waals surface area contributed by atoms with Gasteiger partial charge in [-0.2, -0.15) is 0 Å². The lowest BCUT2D eigenvalue weighted by Crippen LogP contribution is -2.56. The summed E-state index contributed by atoms with van der Waals surface area (Å²) in [6.07, 6.45) is 66.4. The Morgan fingerprint density at radius 2 is 0.400 bits per heavy atom. The summed E-state index contributed by atoms with van der Waals surface area (Å²) >= 11 is 0. The van der Waals surface area contributed by atoms with Gasteiger partial charge in [-0.25, -0.2) is 0 Å². The lowest BCUT2D eigenvalue weighted by molar-refractivity contribution is -0.142. The van der Waals surface area contributed by atoms with Gasteiger partial charge in [0.1, 0.15) is 0 Å². The highest BCUT2D eigenvalue weighted by molar-refractivity contribution is 5.11. The molecule has 0 aliphatic heterocycles. The van der Waals surface area contributed by atoms with Gasteiger partial charge in [0.2, 0.25) is 0 Å². The van der Waals surface area contributed by atoms with Crippen molar-refractivity contribution in [3.8, 4) is 0 Å². The Balaban J connectivity index is 0.788. The largest absolute Gasteiger partial charge is 0.0533 e. The van der Waals surface area contributed by atoms with Gasteiger partial charge in [0.05, 0.1) is 0 Å². The highest BCUT2D eigenvalue weighted by Crippen LogP contribution is 2.70. The molecule has 0 aromatic heterocycles. The van der Waals surface area contributed by atoms with Crippen molar-refractivity contribution in [2.75, 3.05) is 0 Å². The maximum Gasteiger partial charge on any atom is -0.0321 e. The zero-order chi connectivity index (χ0) is 42.8. The molecule has 0 saturated heterocycles. The Morgan fingerprint density at radius 3 is 0.908 bits per heavy atom. The molecular weight excluding hydrogens is 781 g/mol. The van der Waals surface area contributed by atoms with E-state index in [2.05, 4.69) is 0 Å². The molecule has 65 heavy (non-hydrogen) atoms. The van der Waals surface area contributed by atoms with E-state index in [-0.39, 0.29) is 0 Å². The zero-order valence-corrected chi connectivity index (χ0v) is 42.8. The van der Waals surface area contributed by atoms with Gasteiger partial charge in [-0.1, -0.05) is 154 Å². The summed E-state index contributed by atoms with van der Waals surface area (Å²) in [6.45, 7) is 0. The number of fused-ring (bicyclic) bond motifs is 5. The maximum atomic E-state index is 1.74. The van der Waals surface area contributed by atoms with Crippen LogP contribution < -0.4 is 0 Å². The molecule has 18 unspecified atom stereocenters. The van der Waals surface area contributed by atoms with Crippen molar-refractivity contribution >= 4 is 0 Å². The molecule has 13 aliphatic carbocycles. The summed E-state index contributed by atoms with van der Waals surface area (Å²) in [5.74, 6) is 27.1. The molecule has 0 heteroatoms. The predicted octanol–water partition coefficient (Wildman–Crippen LogP) is 18.9. The van der Waals surface area contributed by atoms with Gasteiger partial charge in [-0.15, -0.1) is 0 Å². The van der Waals surface area contributed by atoms with Crippen LogP contribution in [-0.2, 0) is 0 Å². The van der Waals surface area contributed by atoms with E-state index < -0.39 is 0 Å². The first-order valence-corrected chi connectivity index (χ1v) is 32.3. The summed E-state index contributed by atoms with van der Waals surface area (Å²) < 4.78 is 0. The molecule has 366 valence electrons. The first-order chi connectivity index (χ1) is 32.3. The molecule has 0 heterocycles. The highest BCUT2D eigenvalue weighted by atomic mass is 14.7. The minimum Gasteiger partial charge on any atom is -0.0533 e. The van der Waals surface area contributed by atoms with Crippen LogP contribution in [0.25, 0.3) is 0 Å². The Morgan fingerprint density at radius 1 is 0.123 bits per heavy atom. The molecule has 0 N–H and O–H groups in total. The van der Waals surface area contributed by atoms with Gasteiger partial charge in [0.25, 0.3) is 0 Å². The van der Waals surface area contributed by atoms with Crippen molar-refractivity contribution in [3.63, 3.8) is 0 Å². The van der Waals surface area contributed by atoms with E-state index >= 15 is 0 Å². The second-order valence-electron chi connectivity index (χ2n) is 29.1. The van der Waals surface area contributed by atoms with Crippen LogP contribution in [0.2, 0.25) is 0 Å². The highest BCUT2D eigenvalue weighted by Gasteiger charge is 2.62. The quantitative estimate of drug-likeness (QED) is 0.239. The molecule has 13 aliphatic rings. The first-order valence-electron chi connectivity index (χ1n) is 32.3. The van der Waals surface area contributed by atoms with E-state index in [0.29, 0.717) is 0 Å². The molecule has 0 aromatic carbocycles. The maximum absolute atomic E-state index is 1.74. The average Bonchev–Trinajstić information content (AvgIpc) is 4.20. The monoisotopic (exact) mass is 887 g/mol. The fraction of sp³-hybridized carbons (Fsp3) is 1.00. The third-order valence-electron chi connectivity index (χ3n) is 27.0. The van der Waals surface area contributed by atoms with Crippen molar-refractivity contribution in [3.05, 3.63) is 0 Å². The van der Waals surface area contributed by atoms with Gasteiger partial charge < -0.3 is 0 Å². The van der Waals surface area contributed by atoms with E-state index in [1.807, 2.05) is 0 Å². The number of hydrogen-bond acceptors (Lipinski definition) is 0. The lowest BCUT2D eigenvalue weighted by atomic mass is 9.42. The van der Waals surface area contributed by atoms with Crippen LogP contribution in [0.3, 0.4) is 0 Å². The van der Waals surface area contributed by atoms with Crippen molar-refractivity contribution in [1.82, 2.24) is 0 Å². The SMILES string of the molecule is C1CCC(C2CCC(C3C4CCCCC4C(C4CCCCC4)C4CCC(C5CCC6C(C5)C(C5CCC(C7CCCCC7)C7CC75)C5CCCCC5C6C5CCCCC5)CC43)CC2)CC1. The minimum atomic E-state index is 1.10. The fourth-order valence-electron chi connectivity index (χ4n) is 24.8. The second kappa shape index (κ2) is 19.9. The number of hydrogen-bond donors (Lipinski definition) is 0. The van der Waals surface area contributed by atoms with Crippen molar-refractivity contribution in [1.29, 1.82) is 0 Å². The molecule has 13 saturated carbocycles. The summed E-state index contributed by atoms with van der Waals surface area (Å²) in [6, 6.07) is 0. The van der Waals surface area contributed by atoms with Crippen LogP contribution in [0.4, 0.5) is 0 Å². The van der Waals surface area contributed by atoms with E-state index in [1.165, 1.54) is 18.3 Å². The van der Waals surface area contributed by atoms with Crippen LogP contribution in [0, 0.1) is 142 Å². The van der Waals surface area contributed by atoms with Gasteiger partial charge in [-0.3, -0.25) is 0 Å². The predicted molar refractivity (Wildman–Crippen MR) is 273 cm³/mol. The minimum absolute atomic E-state index is 1.10. The molecular formula is C65H106. The van der Waals surface area contributed by atoms with E-state index in [0.717, 1.165) is 130 Å². The zero-order valence-electron chi connectivity index (χ0n) is 42.8. The molecule has 13 fully saturated rings. The van der Waals surface area contributed by atoms with Crippen LogP contribution in [0.5, 0.6) is 0 Å². The molecule has 0 aromatic rings. The topological polar surface area (TPSA) is 0 Å². The van der Waals surface area contributed by atoms with Gasteiger partial charge in [-0.05, 0) is 251 Å². The summed E-state index contributed by atoms with van der Waals surface area (Å²) in [7, 11) is 0. The van der Waals surface area contributed by atoms with Crippen molar-refractivity contribution < 1.29 is 0 Å². The first kappa shape index (κ1) is 44.9. The Hall–Kier alpha value is 0. The molecule has 0 amide bonds. The Labute approximate surface area is 403 Å². The molecule has 0 nitrogen and oxygen atoms in total. The standard InChI is InChI=1S/C65H106/c1-5-17-42(18-6-1)43-29-31-47(32-30-43)64-52-26-14-13-25-51(52)62(45-21-9-3-10-22-45)56-35-33-48(39-60(56)64)49-34-36-57-61(40-49)65(54-28-16-15-27-53(54)63(57)46-23-11-4-12-24-46)55-38-37-50(58-41-59(55)58)44-19-7-2-8-20-44/h42-65H,1-41H2. The summed E-state index contributed by atoms with van der Waals surface area (Å²) in [5.41, 5.74) is 0. The second-order valence-corrected chi connectivity index (χ2v) is 29.1. The van der Waals surface area contributed by atoms with E-state index in [1.54, 1.807) is 257 Å². The Bertz CT molecular complexity index is 1510. The normalized spacial score (nSPS) is 51.7. The molecule has 0 bridgehead atoms. The molecule has 0 radical (unpaired) electrons. The molecule has 18 atom stereocenters. The lowest BCUT2D eigenvalue weighted by Gasteiger charge is -2.63. The van der Waals surface area contributed by atoms with Crippen LogP contribution in [-0.4, -0.2) is 0 Å². The Kier molecular flexibility index (Phi) is 13.7. The molecule has 0 spiro atoms. The number of rotatable bonds is 7. The third-order valence-corrected chi connectivity index (χ3v) is 27.0. The van der Waals surface area contributed by atoms with Crippen LogP contribution >= 0.6 is 0 Å². The van der Waals surface area contributed by atoms with Crippen molar-refractivity contribution in [2.24, 2.45) is 142 Å². The average molecular weight is 888 g/mol. The fourth-order valence-corrected chi connectivity index (χ4v) is 24.8. The third kappa shape index (κ3) is 8.61. The van der Waals surface area contributed by atoms with Crippen molar-refractivity contribution in [2.45, 2.75) is 263 Å². The molecule has 13 rings (SSSR count). The van der Waals surface area contributed by atoms with E-state index in [4.69, 9.17) is 0 Å². The summed E-state index contributed by atoms with van der Waals surface area (Å²) in [4.78, 5) is 0. The smallest absolute Gasteiger partial charge is 0.0321 e. The van der Waals surface area contributed by atoms with Gasteiger partial charge >= 0.3 is 0 Å². The summed E-state index contributed by atoms with van der Waals surface area (Å²) in [5, 5.41) is 0. The van der Waals surface area contributed by atoms with Gasteiger partial charge in [0.15, 0.2) is 0 Å². The van der Waals surface area contributed by atoms with Crippen LogP contribution in [0.15, 0.2) is 0 Å². The van der Waals surface area contributed by atoms with Gasteiger partial charge in [0, 0.05) is 0 Å². The van der Waals surface area contributed by atoms with Crippen LogP contribution in [0.1, 0.15) is 263 Å². The van der Waals surface area contributed by atoms with E-state index in [9.17, 15) is 0 Å².